The van der Waals surface area contributed by atoms with Crippen LogP contribution in [0, 0.1) is 0 Å². The van der Waals surface area contributed by atoms with Crippen LogP contribution in [0.5, 0.6) is 5.75 Å². The molecule has 1 atom stereocenters. The summed E-state index contributed by atoms with van der Waals surface area (Å²) >= 11 is 0. The maximum Gasteiger partial charge on any atom is 0.119 e. The van der Waals surface area contributed by atoms with E-state index in [0.717, 1.165) is 11.4 Å². The van der Waals surface area contributed by atoms with Crippen LogP contribution in [0.1, 0.15) is 25.5 Å². The zero-order chi connectivity index (χ0) is 12.8. The minimum atomic E-state index is 0.296. The van der Waals surface area contributed by atoms with E-state index in [-0.39, 0.29) is 0 Å². The third-order valence-corrected chi connectivity index (χ3v) is 2.85. The van der Waals surface area contributed by atoms with Crippen molar-refractivity contribution in [1.82, 2.24) is 0 Å². The van der Waals surface area contributed by atoms with Crippen molar-refractivity contribution in [3.8, 4) is 5.75 Å². The summed E-state index contributed by atoms with van der Waals surface area (Å²) in [6.07, 6.45) is 0. The van der Waals surface area contributed by atoms with Gasteiger partial charge in [0.1, 0.15) is 5.75 Å². The fraction of sp³-hybridized carbons (Fsp3) is 0.250. The van der Waals surface area contributed by atoms with E-state index in [9.17, 15) is 0 Å². The molecule has 2 rings (SSSR count). The van der Waals surface area contributed by atoms with Crippen molar-refractivity contribution in [2.24, 2.45) is 0 Å². The maximum atomic E-state index is 5.42. The number of hydrogen-bond acceptors (Lipinski definition) is 2. The summed E-state index contributed by atoms with van der Waals surface area (Å²) in [5.41, 5.74) is 2.39. The predicted molar refractivity (Wildman–Crippen MR) is 76.1 cm³/mol. The molecule has 0 saturated heterocycles. The first-order valence-corrected chi connectivity index (χ1v) is 6.34. The molecule has 1 N–H and O–H groups in total. The average Bonchev–Trinajstić information content (AvgIpc) is 2.42. The quantitative estimate of drug-likeness (QED) is 0.844. The molecule has 1 unspecified atom stereocenters. The molecule has 2 aromatic carbocycles. The molecule has 0 aliphatic rings. The summed E-state index contributed by atoms with van der Waals surface area (Å²) < 4.78 is 5.42. The van der Waals surface area contributed by atoms with Crippen molar-refractivity contribution in [3.63, 3.8) is 0 Å². The molecular formula is C16H19NO. The van der Waals surface area contributed by atoms with Crippen molar-refractivity contribution in [2.45, 2.75) is 19.9 Å². The molecule has 0 heterocycles. The number of benzene rings is 2. The second kappa shape index (κ2) is 6.10. The monoisotopic (exact) mass is 241 g/mol. The molecule has 0 aliphatic heterocycles. The topological polar surface area (TPSA) is 21.3 Å². The zero-order valence-electron chi connectivity index (χ0n) is 10.9. The van der Waals surface area contributed by atoms with Crippen molar-refractivity contribution in [1.29, 1.82) is 0 Å². The van der Waals surface area contributed by atoms with Gasteiger partial charge in [0.2, 0.25) is 0 Å². The number of ether oxygens (including phenoxy) is 1. The third-order valence-electron chi connectivity index (χ3n) is 2.85. The Morgan fingerprint density at radius 2 is 1.67 bits per heavy atom. The Balaban J connectivity index is 2.01. The smallest absolute Gasteiger partial charge is 0.119 e. The molecule has 0 saturated carbocycles. The largest absolute Gasteiger partial charge is 0.494 e. The fourth-order valence-corrected chi connectivity index (χ4v) is 1.89. The van der Waals surface area contributed by atoms with Gasteiger partial charge in [-0.2, -0.15) is 0 Å². The van der Waals surface area contributed by atoms with Crippen LogP contribution in [0.4, 0.5) is 5.69 Å². The lowest BCUT2D eigenvalue weighted by Gasteiger charge is -2.16. The van der Waals surface area contributed by atoms with Gasteiger partial charge in [-0.1, -0.05) is 30.3 Å². The Labute approximate surface area is 109 Å². The van der Waals surface area contributed by atoms with Crippen LogP contribution < -0.4 is 10.1 Å². The Kier molecular flexibility index (Phi) is 4.24. The lowest BCUT2D eigenvalue weighted by Crippen LogP contribution is -2.06. The van der Waals surface area contributed by atoms with Gasteiger partial charge in [0, 0.05) is 11.7 Å². The molecule has 94 valence electrons. The van der Waals surface area contributed by atoms with Crippen LogP contribution in [0.3, 0.4) is 0 Å². The molecule has 0 amide bonds. The van der Waals surface area contributed by atoms with Crippen molar-refractivity contribution < 1.29 is 4.74 Å². The van der Waals surface area contributed by atoms with E-state index in [1.165, 1.54) is 5.56 Å². The van der Waals surface area contributed by atoms with E-state index >= 15 is 0 Å². The Hall–Kier alpha value is -1.96. The van der Waals surface area contributed by atoms with E-state index in [0.29, 0.717) is 12.6 Å². The maximum absolute atomic E-state index is 5.42. The lowest BCUT2D eigenvalue weighted by molar-refractivity contribution is 0.340. The van der Waals surface area contributed by atoms with E-state index in [1.807, 2.05) is 37.3 Å². The van der Waals surface area contributed by atoms with Gasteiger partial charge in [-0.05, 0) is 43.7 Å². The van der Waals surface area contributed by atoms with Crippen LogP contribution in [0.2, 0.25) is 0 Å². The van der Waals surface area contributed by atoms with Crippen LogP contribution >= 0.6 is 0 Å². The highest BCUT2D eigenvalue weighted by molar-refractivity contribution is 5.48. The summed E-state index contributed by atoms with van der Waals surface area (Å²) in [6.45, 7) is 4.85. The highest BCUT2D eigenvalue weighted by Gasteiger charge is 2.04. The molecule has 0 fully saturated rings. The molecule has 2 heteroatoms. The van der Waals surface area contributed by atoms with Crippen LogP contribution in [-0.4, -0.2) is 6.61 Å². The minimum Gasteiger partial charge on any atom is -0.494 e. The van der Waals surface area contributed by atoms with E-state index in [1.54, 1.807) is 0 Å². The van der Waals surface area contributed by atoms with E-state index in [2.05, 4.69) is 36.5 Å². The average molecular weight is 241 g/mol. The van der Waals surface area contributed by atoms with Crippen molar-refractivity contribution >= 4 is 5.69 Å². The van der Waals surface area contributed by atoms with Gasteiger partial charge in [-0.3, -0.25) is 0 Å². The normalized spacial score (nSPS) is 11.9. The number of nitrogens with one attached hydrogen (secondary N) is 1. The SMILES string of the molecule is CCOc1ccc(NC(C)c2ccccc2)cc1. The minimum absolute atomic E-state index is 0.296. The van der Waals surface area contributed by atoms with Gasteiger partial charge in [-0.25, -0.2) is 0 Å². The van der Waals surface area contributed by atoms with Gasteiger partial charge < -0.3 is 10.1 Å². The third kappa shape index (κ3) is 3.27. The van der Waals surface area contributed by atoms with Crippen molar-refractivity contribution in [2.75, 3.05) is 11.9 Å². The number of anilines is 1. The molecule has 18 heavy (non-hydrogen) atoms. The number of hydrogen-bond donors (Lipinski definition) is 1. The summed E-state index contributed by atoms with van der Waals surface area (Å²) in [7, 11) is 0. The predicted octanol–water partition coefficient (Wildman–Crippen LogP) is 4.26. The van der Waals surface area contributed by atoms with Crippen molar-refractivity contribution in [3.05, 3.63) is 60.2 Å². The first kappa shape index (κ1) is 12.5. The van der Waals surface area contributed by atoms with Gasteiger partial charge in [0.05, 0.1) is 6.61 Å². The summed E-state index contributed by atoms with van der Waals surface area (Å²) in [6, 6.07) is 18.8. The van der Waals surface area contributed by atoms with Crippen LogP contribution in [0.25, 0.3) is 0 Å². The zero-order valence-corrected chi connectivity index (χ0v) is 10.9. The standard InChI is InChI=1S/C16H19NO/c1-3-18-16-11-9-15(10-12-16)17-13(2)14-7-5-4-6-8-14/h4-13,17H,3H2,1-2H3. The first-order valence-electron chi connectivity index (χ1n) is 6.34. The van der Waals surface area contributed by atoms with Gasteiger partial charge >= 0.3 is 0 Å². The number of rotatable bonds is 5. The second-order valence-corrected chi connectivity index (χ2v) is 4.23. The fourth-order valence-electron chi connectivity index (χ4n) is 1.89. The highest BCUT2D eigenvalue weighted by atomic mass is 16.5. The lowest BCUT2D eigenvalue weighted by atomic mass is 10.1. The van der Waals surface area contributed by atoms with E-state index < -0.39 is 0 Å². The summed E-state index contributed by atoms with van der Waals surface area (Å²) in [5, 5.41) is 3.47. The molecule has 0 bridgehead atoms. The van der Waals surface area contributed by atoms with E-state index in [4.69, 9.17) is 4.74 Å². The van der Waals surface area contributed by atoms with Crippen LogP contribution in [0.15, 0.2) is 54.6 Å². The van der Waals surface area contributed by atoms with Crippen LogP contribution in [-0.2, 0) is 0 Å². The van der Waals surface area contributed by atoms with Gasteiger partial charge in [-0.15, -0.1) is 0 Å². The molecule has 0 radical (unpaired) electrons. The molecule has 0 spiro atoms. The molecule has 0 aromatic heterocycles. The molecule has 0 aliphatic carbocycles. The molecular weight excluding hydrogens is 222 g/mol. The first-order chi connectivity index (χ1) is 8.79. The molecule has 2 aromatic rings. The Morgan fingerprint density at radius 1 is 1.00 bits per heavy atom. The Morgan fingerprint density at radius 3 is 2.28 bits per heavy atom. The van der Waals surface area contributed by atoms with Gasteiger partial charge in [0.15, 0.2) is 0 Å². The van der Waals surface area contributed by atoms with Gasteiger partial charge in [0.25, 0.3) is 0 Å². The highest BCUT2D eigenvalue weighted by Crippen LogP contribution is 2.21. The second-order valence-electron chi connectivity index (χ2n) is 4.23. The Bertz CT molecular complexity index is 464. The summed E-state index contributed by atoms with van der Waals surface area (Å²) in [5.74, 6) is 0.912. The summed E-state index contributed by atoms with van der Waals surface area (Å²) in [4.78, 5) is 0. The molecule has 2 nitrogen and oxygen atoms in total.